The van der Waals surface area contributed by atoms with Crippen LogP contribution in [0.25, 0.3) is 11.4 Å². The van der Waals surface area contributed by atoms with Crippen LogP contribution in [0.2, 0.25) is 0 Å². The zero-order valence-electron chi connectivity index (χ0n) is 16.3. The summed E-state index contributed by atoms with van der Waals surface area (Å²) >= 11 is 0. The Morgan fingerprint density at radius 3 is 2.29 bits per heavy atom. The number of hydrogen-bond acceptors (Lipinski definition) is 5. The Kier molecular flexibility index (Phi) is 6.33. The van der Waals surface area contributed by atoms with E-state index in [0.717, 1.165) is 37.4 Å². The van der Waals surface area contributed by atoms with Crippen LogP contribution in [0.5, 0.6) is 0 Å². The molecule has 3 aromatic rings. The second-order valence-corrected chi connectivity index (χ2v) is 6.67. The number of nitrogens with one attached hydrogen (secondary N) is 1. The van der Waals surface area contributed by atoms with Gasteiger partial charge in [0.05, 0.1) is 18.6 Å². The van der Waals surface area contributed by atoms with E-state index in [2.05, 4.69) is 9.97 Å². The van der Waals surface area contributed by atoms with Crippen molar-refractivity contribution in [2.45, 2.75) is 18.5 Å². The van der Waals surface area contributed by atoms with Crippen molar-refractivity contribution >= 4 is 11.8 Å². The van der Waals surface area contributed by atoms with Gasteiger partial charge in [-0.25, -0.2) is 4.98 Å². The normalized spacial score (nSPS) is 12.3. The second kappa shape index (κ2) is 8.95. The molecule has 0 saturated carbocycles. The summed E-state index contributed by atoms with van der Waals surface area (Å²) in [6, 6.07) is 13.6. The minimum atomic E-state index is -4.53. The Labute approximate surface area is 174 Å². The lowest BCUT2D eigenvalue weighted by atomic mass is 9.92. The first-order valence-corrected chi connectivity index (χ1v) is 9.14. The summed E-state index contributed by atoms with van der Waals surface area (Å²) in [6.07, 6.45) is -4.96. The van der Waals surface area contributed by atoms with E-state index in [9.17, 15) is 27.6 Å². The molecule has 0 fully saturated rings. The maximum atomic E-state index is 12.8. The smallest absolute Gasteiger partial charge is 0.416 e. The van der Waals surface area contributed by atoms with E-state index in [1.807, 2.05) is 0 Å². The number of Topliss-reactive ketones (excluding diaryl/α,β-unsaturated/α-hetero) is 1. The number of aromatic amines is 1. The first-order chi connectivity index (χ1) is 14.7. The molecule has 1 atom stereocenters. The number of carbonyl (C=O) groups is 2. The number of methoxy groups -OCH3 is 1. The third-order valence-corrected chi connectivity index (χ3v) is 4.59. The van der Waals surface area contributed by atoms with E-state index in [-0.39, 0.29) is 17.1 Å². The van der Waals surface area contributed by atoms with E-state index < -0.39 is 41.4 Å². The number of H-pyrrole nitrogens is 1. The molecule has 3 rings (SSSR count). The molecule has 1 heterocycles. The SMILES string of the molecule is COC(=O)C(CC(=O)c1cc(=O)[nH]c(-c2ccccc2)n1)c1ccc(C(F)(F)F)cc1. The van der Waals surface area contributed by atoms with Gasteiger partial charge in [0.1, 0.15) is 11.5 Å². The fourth-order valence-corrected chi connectivity index (χ4v) is 3.01. The van der Waals surface area contributed by atoms with Crippen molar-refractivity contribution < 1.29 is 27.5 Å². The number of rotatable bonds is 6. The fourth-order valence-electron chi connectivity index (χ4n) is 3.01. The molecular formula is C22H17F3N2O4. The lowest BCUT2D eigenvalue weighted by Gasteiger charge is -2.15. The topological polar surface area (TPSA) is 89.1 Å². The molecule has 9 heteroatoms. The number of esters is 1. The van der Waals surface area contributed by atoms with Crippen molar-refractivity contribution in [3.8, 4) is 11.4 Å². The van der Waals surface area contributed by atoms with Crippen molar-refractivity contribution in [2.75, 3.05) is 7.11 Å². The molecule has 2 aromatic carbocycles. The summed E-state index contributed by atoms with van der Waals surface area (Å²) in [4.78, 5) is 43.8. The maximum absolute atomic E-state index is 12.8. The van der Waals surface area contributed by atoms with E-state index in [1.54, 1.807) is 30.3 Å². The van der Waals surface area contributed by atoms with E-state index in [1.165, 1.54) is 0 Å². The van der Waals surface area contributed by atoms with Gasteiger partial charge in [-0.2, -0.15) is 13.2 Å². The van der Waals surface area contributed by atoms with Crippen LogP contribution in [0.3, 0.4) is 0 Å². The first-order valence-electron chi connectivity index (χ1n) is 9.14. The Balaban J connectivity index is 1.91. The third kappa shape index (κ3) is 5.25. The van der Waals surface area contributed by atoms with Crippen LogP contribution in [-0.4, -0.2) is 28.8 Å². The molecule has 0 amide bonds. The van der Waals surface area contributed by atoms with Gasteiger partial charge in [0.2, 0.25) is 0 Å². The average molecular weight is 430 g/mol. The predicted molar refractivity (Wildman–Crippen MR) is 105 cm³/mol. The molecule has 1 aromatic heterocycles. The van der Waals surface area contributed by atoms with Crippen molar-refractivity contribution in [1.29, 1.82) is 0 Å². The number of hydrogen-bond donors (Lipinski definition) is 1. The highest BCUT2D eigenvalue weighted by Gasteiger charge is 2.31. The van der Waals surface area contributed by atoms with Crippen LogP contribution in [0, 0.1) is 0 Å². The summed E-state index contributed by atoms with van der Waals surface area (Å²) in [5, 5.41) is 0. The number of carbonyl (C=O) groups excluding carboxylic acids is 2. The molecule has 31 heavy (non-hydrogen) atoms. The highest BCUT2D eigenvalue weighted by atomic mass is 19.4. The highest BCUT2D eigenvalue weighted by Crippen LogP contribution is 2.31. The standard InChI is InChI=1S/C22H17F3N2O4/c1-31-21(30)16(13-7-9-15(10-8-13)22(23,24)25)11-18(28)17-12-19(29)27-20(26-17)14-5-3-2-4-6-14/h2-10,12,16H,11H2,1H3,(H,26,27,29). The summed E-state index contributed by atoms with van der Waals surface area (Å²) in [5.74, 6) is -2.39. The van der Waals surface area contributed by atoms with Gasteiger partial charge < -0.3 is 9.72 Å². The molecular weight excluding hydrogens is 413 g/mol. The Hall–Kier alpha value is -3.75. The van der Waals surface area contributed by atoms with Gasteiger partial charge in [0.25, 0.3) is 5.56 Å². The van der Waals surface area contributed by atoms with Crippen LogP contribution in [-0.2, 0) is 15.7 Å². The van der Waals surface area contributed by atoms with Crippen LogP contribution >= 0.6 is 0 Å². The monoisotopic (exact) mass is 430 g/mol. The van der Waals surface area contributed by atoms with Gasteiger partial charge in [-0.05, 0) is 17.7 Å². The number of halogens is 3. The van der Waals surface area contributed by atoms with Gasteiger partial charge >= 0.3 is 12.1 Å². The first kappa shape index (κ1) is 21.9. The van der Waals surface area contributed by atoms with Gasteiger partial charge in [-0.15, -0.1) is 0 Å². The minimum Gasteiger partial charge on any atom is -0.469 e. The Bertz CT molecular complexity index is 1140. The number of alkyl halides is 3. The Morgan fingerprint density at radius 1 is 1.06 bits per heavy atom. The molecule has 160 valence electrons. The van der Waals surface area contributed by atoms with Crippen LogP contribution < -0.4 is 5.56 Å². The van der Waals surface area contributed by atoms with Crippen LogP contribution in [0.15, 0.2) is 65.5 Å². The van der Waals surface area contributed by atoms with Crippen LogP contribution in [0.4, 0.5) is 13.2 Å². The zero-order chi connectivity index (χ0) is 22.6. The molecule has 0 aliphatic carbocycles. The largest absolute Gasteiger partial charge is 0.469 e. The number of aromatic nitrogens is 2. The van der Waals surface area contributed by atoms with E-state index >= 15 is 0 Å². The molecule has 0 radical (unpaired) electrons. The van der Waals surface area contributed by atoms with Gasteiger partial charge in [-0.3, -0.25) is 14.4 Å². The van der Waals surface area contributed by atoms with E-state index in [4.69, 9.17) is 4.74 Å². The summed E-state index contributed by atoms with van der Waals surface area (Å²) in [7, 11) is 1.11. The quantitative estimate of drug-likeness (QED) is 0.472. The maximum Gasteiger partial charge on any atom is 0.416 e. The van der Waals surface area contributed by atoms with Crippen molar-refractivity contribution in [2.24, 2.45) is 0 Å². The van der Waals surface area contributed by atoms with Crippen LogP contribution in [0.1, 0.15) is 34.0 Å². The number of ether oxygens (including phenoxy) is 1. The molecule has 0 spiro atoms. The number of benzene rings is 2. The molecule has 1 unspecified atom stereocenters. The molecule has 0 bridgehead atoms. The Morgan fingerprint density at radius 2 is 1.71 bits per heavy atom. The summed E-state index contributed by atoms with van der Waals surface area (Å²) in [5.41, 5.74) is -0.831. The molecule has 0 aliphatic rings. The average Bonchev–Trinajstić information content (AvgIpc) is 2.76. The minimum absolute atomic E-state index is 0.164. The lowest BCUT2D eigenvalue weighted by Crippen LogP contribution is -2.21. The highest BCUT2D eigenvalue weighted by molar-refractivity contribution is 5.98. The lowest BCUT2D eigenvalue weighted by molar-refractivity contribution is -0.142. The van der Waals surface area contributed by atoms with Gasteiger partial charge in [0.15, 0.2) is 5.78 Å². The third-order valence-electron chi connectivity index (χ3n) is 4.59. The summed E-state index contributed by atoms with van der Waals surface area (Å²) in [6.45, 7) is 0. The van der Waals surface area contributed by atoms with Crippen molar-refractivity contribution in [3.63, 3.8) is 0 Å². The predicted octanol–water partition coefficient (Wildman–Crippen LogP) is 3.99. The van der Waals surface area contributed by atoms with Gasteiger partial charge in [-0.1, -0.05) is 42.5 Å². The molecule has 1 N–H and O–H groups in total. The molecule has 6 nitrogen and oxygen atoms in total. The van der Waals surface area contributed by atoms with Crippen molar-refractivity contribution in [3.05, 3.63) is 87.8 Å². The summed E-state index contributed by atoms with van der Waals surface area (Å²) < 4.78 is 43.1. The fraction of sp³-hybridized carbons (Fsp3) is 0.182. The molecule has 0 aliphatic heterocycles. The van der Waals surface area contributed by atoms with Gasteiger partial charge in [0, 0.05) is 18.1 Å². The molecule has 0 saturated heterocycles. The second-order valence-electron chi connectivity index (χ2n) is 6.67. The van der Waals surface area contributed by atoms with Crippen molar-refractivity contribution in [1.82, 2.24) is 9.97 Å². The number of nitrogens with zero attached hydrogens (tertiary/aromatic N) is 1. The number of ketones is 1. The van der Waals surface area contributed by atoms with E-state index in [0.29, 0.717) is 5.56 Å². The zero-order valence-corrected chi connectivity index (χ0v) is 16.3.